The quantitative estimate of drug-likeness (QED) is 0.809. The van der Waals surface area contributed by atoms with Crippen molar-refractivity contribution < 1.29 is 13.9 Å². The molecular weight excluding hydrogens is 373 g/mol. The second kappa shape index (κ2) is 7.26. The molecule has 4 rings (SSSR count). The number of hydrogen-bond acceptors (Lipinski definition) is 3. The van der Waals surface area contributed by atoms with Crippen molar-refractivity contribution in [3.8, 4) is 0 Å². The van der Waals surface area contributed by atoms with Gasteiger partial charge in [0, 0.05) is 47.1 Å². The van der Waals surface area contributed by atoms with Gasteiger partial charge in [0.2, 0.25) is 5.91 Å². The summed E-state index contributed by atoms with van der Waals surface area (Å²) in [7, 11) is 0. The Balaban J connectivity index is 1.47. The van der Waals surface area contributed by atoms with Gasteiger partial charge < -0.3 is 14.5 Å². The zero-order valence-corrected chi connectivity index (χ0v) is 15.9. The molecule has 2 atom stereocenters. The molecule has 1 aromatic carbocycles. The van der Waals surface area contributed by atoms with Crippen LogP contribution < -0.4 is 5.32 Å². The highest BCUT2D eigenvalue weighted by molar-refractivity contribution is 6.35. The average molecular weight is 394 g/mol. The van der Waals surface area contributed by atoms with Crippen LogP contribution in [-0.2, 0) is 14.9 Å². The van der Waals surface area contributed by atoms with Gasteiger partial charge in [0.1, 0.15) is 5.76 Å². The number of amides is 1. The Labute approximate surface area is 162 Å². The van der Waals surface area contributed by atoms with E-state index in [1.54, 1.807) is 12.3 Å². The summed E-state index contributed by atoms with van der Waals surface area (Å²) in [4.78, 5) is 12.6. The molecule has 1 saturated heterocycles. The molecule has 138 valence electrons. The Bertz CT molecular complexity index is 784. The lowest BCUT2D eigenvalue weighted by atomic mass is 9.74. The van der Waals surface area contributed by atoms with Gasteiger partial charge in [0.05, 0.1) is 6.26 Å². The van der Waals surface area contributed by atoms with Crippen LogP contribution in [0.15, 0.2) is 41.0 Å². The fourth-order valence-corrected chi connectivity index (χ4v) is 4.52. The zero-order chi connectivity index (χ0) is 18.1. The number of furan rings is 1. The second-order valence-corrected chi connectivity index (χ2v) is 8.04. The molecule has 1 saturated carbocycles. The van der Waals surface area contributed by atoms with Crippen molar-refractivity contribution in [2.45, 2.75) is 30.6 Å². The molecule has 0 radical (unpaired) electrons. The number of halogens is 2. The fourth-order valence-electron chi connectivity index (χ4n) is 3.91. The summed E-state index contributed by atoms with van der Waals surface area (Å²) < 4.78 is 11.0. The van der Waals surface area contributed by atoms with Gasteiger partial charge in [0.25, 0.3) is 0 Å². The van der Waals surface area contributed by atoms with E-state index in [-0.39, 0.29) is 23.2 Å². The van der Waals surface area contributed by atoms with E-state index in [1.165, 1.54) is 0 Å². The Morgan fingerprint density at radius 1 is 1.23 bits per heavy atom. The van der Waals surface area contributed by atoms with Gasteiger partial charge in [-0.3, -0.25) is 4.79 Å². The third-order valence-electron chi connectivity index (χ3n) is 5.59. The van der Waals surface area contributed by atoms with Crippen molar-refractivity contribution in [3.05, 3.63) is 58.0 Å². The summed E-state index contributed by atoms with van der Waals surface area (Å²) in [5.74, 6) is 1.18. The molecule has 6 heteroatoms. The minimum atomic E-state index is -0.218. The molecule has 26 heavy (non-hydrogen) atoms. The number of carbonyl (C=O) groups excluding carboxylic acids is 1. The predicted molar refractivity (Wildman–Crippen MR) is 101 cm³/mol. The first-order valence-electron chi connectivity index (χ1n) is 8.93. The highest BCUT2D eigenvalue weighted by atomic mass is 35.5. The number of rotatable bonds is 5. The van der Waals surface area contributed by atoms with E-state index in [4.69, 9.17) is 32.4 Å². The molecule has 2 heterocycles. The first-order valence-corrected chi connectivity index (χ1v) is 9.69. The number of hydrogen-bond donors (Lipinski definition) is 1. The lowest BCUT2D eigenvalue weighted by Crippen LogP contribution is -2.45. The Kier molecular flexibility index (Phi) is 5.00. The van der Waals surface area contributed by atoms with E-state index in [9.17, 15) is 4.79 Å². The molecule has 1 aliphatic heterocycles. The van der Waals surface area contributed by atoms with E-state index in [1.807, 2.05) is 24.3 Å². The highest BCUT2D eigenvalue weighted by Gasteiger charge is 2.46. The number of benzene rings is 1. The highest BCUT2D eigenvalue weighted by Crippen LogP contribution is 2.48. The van der Waals surface area contributed by atoms with E-state index in [2.05, 4.69) is 5.32 Å². The number of nitrogens with one attached hydrogen (secondary N) is 1. The van der Waals surface area contributed by atoms with Crippen LogP contribution in [0.4, 0.5) is 0 Å². The molecule has 1 aliphatic carbocycles. The Hall–Kier alpha value is -1.49. The van der Waals surface area contributed by atoms with Gasteiger partial charge in [-0.05, 0) is 49.1 Å². The van der Waals surface area contributed by atoms with Crippen LogP contribution in [0.5, 0.6) is 0 Å². The van der Waals surface area contributed by atoms with Gasteiger partial charge in [-0.1, -0.05) is 29.3 Å². The molecule has 1 aromatic heterocycles. The summed E-state index contributed by atoms with van der Waals surface area (Å²) in [6.07, 6.45) is 4.14. The van der Waals surface area contributed by atoms with Crippen molar-refractivity contribution in [1.29, 1.82) is 0 Å². The van der Waals surface area contributed by atoms with Crippen molar-refractivity contribution in [2.24, 2.45) is 5.92 Å². The first-order chi connectivity index (χ1) is 12.6. The molecule has 0 bridgehead atoms. The lowest BCUT2D eigenvalue weighted by Gasteiger charge is -2.38. The smallest absolute Gasteiger partial charge is 0.223 e. The maximum Gasteiger partial charge on any atom is 0.223 e. The van der Waals surface area contributed by atoms with Crippen LogP contribution in [0.1, 0.15) is 36.5 Å². The zero-order valence-electron chi connectivity index (χ0n) is 14.3. The molecule has 2 unspecified atom stereocenters. The van der Waals surface area contributed by atoms with Crippen LogP contribution in [0.3, 0.4) is 0 Å². The normalized spacial score (nSPS) is 24.2. The van der Waals surface area contributed by atoms with Gasteiger partial charge in [-0.2, -0.15) is 0 Å². The summed E-state index contributed by atoms with van der Waals surface area (Å²) in [5, 5.41) is 4.42. The van der Waals surface area contributed by atoms with Gasteiger partial charge in [-0.25, -0.2) is 0 Å². The van der Waals surface area contributed by atoms with Crippen LogP contribution in [0.2, 0.25) is 10.0 Å². The topological polar surface area (TPSA) is 51.5 Å². The van der Waals surface area contributed by atoms with Crippen LogP contribution in [0, 0.1) is 5.92 Å². The van der Waals surface area contributed by atoms with E-state index < -0.39 is 0 Å². The molecule has 2 aromatic rings. The largest absolute Gasteiger partial charge is 0.469 e. The molecular formula is C20H21Cl2NO3. The summed E-state index contributed by atoms with van der Waals surface area (Å²) in [6, 6.07) is 9.40. The third-order valence-corrected chi connectivity index (χ3v) is 6.14. The van der Waals surface area contributed by atoms with Crippen LogP contribution >= 0.6 is 23.2 Å². The summed E-state index contributed by atoms with van der Waals surface area (Å²) in [5.41, 5.74) is 0.815. The van der Waals surface area contributed by atoms with Crippen LogP contribution in [-0.4, -0.2) is 25.7 Å². The standard InChI is InChI=1S/C20H21Cl2NO3/c21-13-3-4-16(17(22)10-13)20(5-8-25-9-6-20)12-23-19(24)15-11-14(15)18-2-1-7-26-18/h1-4,7,10,14-15H,5-6,8-9,11-12H2,(H,23,24). The van der Waals surface area contributed by atoms with Gasteiger partial charge in [-0.15, -0.1) is 0 Å². The molecule has 1 N–H and O–H groups in total. The molecule has 0 spiro atoms. The molecule has 2 aliphatic rings. The van der Waals surface area contributed by atoms with Gasteiger partial charge >= 0.3 is 0 Å². The summed E-state index contributed by atoms with van der Waals surface area (Å²) in [6.45, 7) is 1.87. The molecule has 2 fully saturated rings. The minimum Gasteiger partial charge on any atom is -0.469 e. The predicted octanol–water partition coefficient (Wildman–Crippen LogP) is 4.55. The Morgan fingerprint density at radius 3 is 2.73 bits per heavy atom. The summed E-state index contributed by atoms with van der Waals surface area (Å²) >= 11 is 12.5. The van der Waals surface area contributed by atoms with Crippen molar-refractivity contribution >= 4 is 29.1 Å². The van der Waals surface area contributed by atoms with Gasteiger partial charge in [0.15, 0.2) is 0 Å². The van der Waals surface area contributed by atoms with E-state index in [0.29, 0.717) is 29.8 Å². The maximum absolute atomic E-state index is 12.6. The van der Waals surface area contributed by atoms with E-state index >= 15 is 0 Å². The molecule has 4 nitrogen and oxygen atoms in total. The number of ether oxygens (including phenoxy) is 1. The second-order valence-electron chi connectivity index (χ2n) is 7.20. The van der Waals surface area contributed by atoms with E-state index in [0.717, 1.165) is 30.6 Å². The number of carbonyl (C=O) groups is 1. The lowest BCUT2D eigenvalue weighted by molar-refractivity contribution is -0.123. The van der Waals surface area contributed by atoms with Crippen molar-refractivity contribution in [1.82, 2.24) is 5.32 Å². The average Bonchev–Trinajstić information content (AvgIpc) is 3.25. The fraction of sp³-hybridized carbons (Fsp3) is 0.450. The Morgan fingerprint density at radius 2 is 2.04 bits per heavy atom. The minimum absolute atomic E-state index is 0.00118. The SMILES string of the molecule is O=C(NCC1(c2ccc(Cl)cc2Cl)CCOCC1)C1CC1c1ccco1. The first kappa shape index (κ1) is 17.9. The monoisotopic (exact) mass is 393 g/mol. The van der Waals surface area contributed by atoms with Crippen molar-refractivity contribution in [3.63, 3.8) is 0 Å². The van der Waals surface area contributed by atoms with Crippen LogP contribution in [0.25, 0.3) is 0 Å². The van der Waals surface area contributed by atoms with Crippen molar-refractivity contribution in [2.75, 3.05) is 19.8 Å². The molecule has 1 amide bonds. The third kappa shape index (κ3) is 3.51. The maximum atomic E-state index is 12.6.